The highest BCUT2D eigenvalue weighted by Gasteiger charge is 2.08. The van der Waals surface area contributed by atoms with Crippen LogP contribution in [0.25, 0.3) is 0 Å². The van der Waals surface area contributed by atoms with E-state index in [0.717, 1.165) is 30.9 Å². The molecule has 0 spiro atoms. The minimum absolute atomic E-state index is 0.0478. The van der Waals surface area contributed by atoms with Crippen LogP contribution in [0.5, 0.6) is 11.5 Å². The maximum Gasteiger partial charge on any atom is 0.138 e. The zero-order valence-electron chi connectivity index (χ0n) is 14.0. The van der Waals surface area contributed by atoms with Gasteiger partial charge < -0.3 is 14.8 Å². The molecule has 0 unspecified atom stereocenters. The van der Waals surface area contributed by atoms with Gasteiger partial charge in [0, 0.05) is 16.8 Å². The third kappa shape index (κ3) is 6.14. The molecule has 2 aromatic rings. The third-order valence-electron chi connectivity index (χ3n) is 3.42. The molecule has 0 aromatic heterocycles. The predicted octanol–water partition coefficient (Wildman–Crippen LogP) is 6.05. The lowest BCUT2D eigenvalue weighted by Gasteiger charge is -2.17. The summed E-state index contributed by atoms with van der Waals surface area (Å²) < 4.78 is 11.6. The average Bonchev–Trinajstić information content (AvgIpc) is 2.56. The summed E-state index contributed by atoms with van der Waals surface area (Å²) in [5, 5.41) is 4.46. The summed E-state index contributed by atoms with van der Waals surface area (Å²) in [6.07, 6.45) is 2.14. The average molecular weight is 368 g/mol. The number of benzene rings is 2. The molecule has 3 nitrogen and oxygen atoms in total. The number of anilines is 1. The van der Waals surface area contributed by atoms with Crippen LogP contribution in [0.15, 0.2) is 42.5 Å². The molecule has 0 fully saturated rings. The highest BCUT2D eigenvalue weighted by Crippen LogP contribution is 2.28. The lowest BCUT2D eigenvalue weighted by atomic mass is 10.2. The van der Waals surface area contributed by atoms with Crippen molar-refractivity contribution in [1.82, 2.24) is 0 Å². The molecule has 130 valence electrons. The van der Waals surface area contributed by atoms with Crippen molar-refractivity contribution in [2.75, 3.05) is 18.5 Å². The Kier molecular flexibility index (Phi) is 7.54. The second kappa shape index (κ2) is 9.65. The summed E-state index contributed by atoms with van der Waals surface area (Å²) in [4.78, 5) is 0. The number of rotatable bonds is 9. The lowest BCUT2D eigenvalue weighted by Crippen LogP contribution is -2.22. The Morgan fingerprint density at radius 3 is 2.71 bits per heavy atom. The van der Waals surface area contributed by atoms with E-state index < -0.39 is 0 Å². The first kappa shape index (κ1) is 18.8. The van der Waals surface area contributed by atoms with Gasteiger partial charge in [0.1, 0.15) is 17.6 Å². The molecule has 0 heterocycles. The van der Waals surface area contributed by atoms with Gasteiger partial charge in [0.2, 0.25) is 0 Å². The number of hydrogen-bond acceptors (Lipinski definition) is 3. The summed E-state index contributed by atoms with van der Waals surface area (Å²) >= 11 is 12.0. The highest BCUT2D eigenvalue weighted by molar-refractivity contribution is 6.35. The lowest BCUT2D eigenvalue weighted by molar-refractivity contribution is 0.235. The van der Waals surface area contributed by atoms with Crippen molar-refractivity contribution in [3.05, 3.63) is 52.5 Å². The van der Waals surface area contributed by atoms with E-state index in [1.54, 1.807) is 18.2 Å². The highest BCUT2D eigenvalue weighted by atomic mass is 35.5. The number of ether oxygens (including phenoxy) is 2. The van der Waals surface area contributed by atoms with E-state index >= 15 is 0 Å². The SMILES string of the molecule is CCCCOc1cccc(NC[C@H](C)Oc2ccc(Cl)cc2Cl)c1. The van der Waals surface area contributed by atoms with Crippen molar-refractivity contribution in [3.63, 3.8) is 0 Å². The summed E-state index contributed by atoms with van der Waals surface area (Å²) in [6, 6.07) is 13.2. The van der Waals surface area contributed by atoms with Crippen LogP contribution in [0.2, 0.25) is 10.0 Å². The summed E-state index contributed by atoms with van der Waals surface area (Å²) in [7, 11) is 0. The van der Waals surface area contributed by atoms with Gasteiger partial charge in [0.05, 0.1) is 18.2 Å². The van der Waals surface area contributed by atoms with Crippen LogP contribution in [-0.2, 0) is 0 Å². The maximum absolute atomic E-state index is 6.13. The minimum atomic E-state index is -0.0478. The van der Waals surface area contributed by atoms with E-state index in [9.17, 15) is 0 Å². The second-order valence-corrected chi connectivity index (χ2v) is 6.46. The van der Waals surface area contributed by atoms with Crippen LogP contribution in [0.4, 0.5) is 5.69 Å². The molecule has 0 saturated heterocycles. The zero-order chi connectivity index (χ0) is 17.4. The molecule has 24 heavy (non-hydrogen) atoms. The molecular formula is C19H23Cl2NO2. The monoisotopic (exact) mass is 367 g/mol. The molecule has 5 heteroatoms. The molecular weight excluding hydrogens is 345 g/mol. The smallest absolute Gasteiger partial charge is 0.138 e. The fourth-order valence-electron chi connectivity index (χ4n) is 2.12. The van der Waals surface area contributed by atoms with Crippen LogP contribution in [0.3, 0.4) is 0 Å². The first-order chi connectivity index (χ1) is 11.6. The molecule has 0 saturated carbocycles. The Hall–Kier alpha value is -1.58. The standard InChI is InChI=1S/C19H23Cl2NO2/c1-3-4-10-23-17-7-5-6-16(12-17)22-13-14(2)24-19-9-8-15(20)11-18(19)21/h5-9,11-12,14,22H,3-4,10,13H2,1-2H3/t14-/m0/s1. The first-order valence-electron chi connectivity index (χ1n) is 8.17. The topological polar surface area (TPSA) is 30.5 Å². The van der Waals surface area contributed by atoms with Gasteiger partial charge in [-0.05, 0) is 43.7 Å². The molecule has 0 bridgehead atoms. The van der Waals surface area contributed by atoms with Gasteiger partial charge in [-0.3, -0.25) is 0 Å². The van der Waals surface area contributed by atoms with Crippen molar-refractivity contribution in [2.24, 2.45) is 0 Å². The molecule has 1 N–H and O–H groups in total. The van der Waals surface area contributed by atoms with E-state index in [-0.39, 0.29) is 6.10 Å². The van der Waals surface area contributed by atoms with Gasteiger partial charge >= 0.3 is 0 Å². The van der Waals surface area contributed by atoms with Crippen LogP contribution < -0.4 is 14.8 Å². The van der Waals surface area contributed by atoms with Crippen LogP contribution in [0, 0.1) is 0 Å². The number of halogens is 2. The molecule has 0 aliphatic carbocycles. The van der Waals surface area contributed by atoms with Gasteiger partial charge in [0.15, 0.2) is 0 Å². The van der Waals surface area contributed by atoms with Crippen molar-refractivity contribution in [2.45, 2.75) is 32.8 Å². The number of nitrogens with one attached hydrogen (secondary N) is 1. The Morgan fingerprint density at radius 2 is 1.96 bits per heavy atom. The molecule has 2 rings (SSSR count). The summed E-state index contributed by atoms with van der Waals surface area (Å²) in [5.41, 5.74) is 1.00. The van der Waals surface area contributed by atoms with Crippen molar-refractivity contribution in [3.8, 4) is 11.5 Å². The van der Waals surface area contributed by atoms with Gasteiger partial charge in [0.25, 0.3) is 0 Å². The van der Waals surface area contributed by atoms with Gasteiger partial charge in [-0.15, -0.1) is 0 Å². The summed E-state index contributed by atoms with van der Waals surface area (Å²) in [6.45, 7) is 5.53. The molecule has 0 aliphatic heterocycles. The van der Waals surface area contributed by atoms with Crippen molar-refractivity contribution >= 4 is 28.9 Å². The molecule has 0 aliphatic rings. The normalized spacial score (nSPS) is 11.8. The molecule has 2 aromatic carbocycles. The van der Waals surface area contributed by atoms with Crippen LogP contribution in [-0.4, -0.2) is 19.3 Å². The fraction of sp³-hybridized carbons (Fsp3) is 0.368. The summed E-state index contributed by atoms with van der Waals surface area (Å²) in [5.74, 6) is 1.51. The maximum atomic E-state index is 6.13. The van der Waals surface area contributed by atoms with Crippen molar-refractivity contribution < 1.29 is 9.47 Å². The second-order valence-electron chi connectivity index (χ2n) is 5.61. The zero-order valence-corrected chi connectivity index (χ0v) is 15.5. The molecule has 0 radical (unpaired) electrons. The van der Waals surface area contributed by atoms with Crippen molar-refractivity contribution in [1.29, 1.82) is 0 Å². The van der Waals surface area contributed by atoms with Gasteiger partial charge in [-0.1, -0.05) is 42.6 Å². The van der Waals surface area contributed by atoms with E-state index in [1.807, 2.05) is 31.2 Å². The Bertz CT molecular complexity index is 649. The van der Waals surface area contributed by atoms with Crippen LogP contribution in [0.1, 0.15) is 26.7 Å². The first-order valence-corrected chi connectivity index (χ1v) is 8.92. The minimum Gasteiger partial charge on any atom is -0.494 e. The number of hydrogen-bond donors (Lipinski definition) is 1. The van der Waals surface area contributed by atoms with E-state index in [0.29, 0.717) is 22.3 Å². The van der Waals surface area contributed by atoms with E-state index in [1.165, 1.54) is 0 Å². The number of unbranched alkanes of at least 4 members (excludes halogenated alkanes) is 1. The molecule has 1 atom stereocenters. The Labute approximate surface area is 153 Å². The molecule has 0 amide bonds. The van der Waals surface area contributed by atoms with Gasteiger partial charge in [-0.25, -0.2) is 0 Å². The largest absolute Gasteiger partial charge is 0.494 e. The predicted molar refractivity (Wildman–Crippen MR) is 102 cm³/mol. The van der Waals surface area contributed by atoms with Crippen LogP contribution >= 0.6 is 23.2 Å². The fourth-order valence-corrected chi connectivity index (χ4v) is 2.57. The van der Waals surface area contributed by atoms with E-state index in [2.05, 4.69) is 12.2 Å². The van der Waals surface area contributed by atoms with E-state index in [4.69, 9.17) is 32.7 Å². The quantitative estimate of drug-likeness (QED) is 0.547. The Morgan fingerprint density at radius 1 is 1.12 bits per heavy atom. The van der Waals surface area contributed by atoms with Gasteiger partial charge in [-0.2, -0.15) is 0 Å². The third-order valence-corrected chi connectivity index (χ3v) is 3.95. The Balaban J connectivity index is 1.84.